The van der Waals surface area contributed by atoms with Crippen molar-refractivity contribution in [2.75, 3.05) is 11.9 Å². The average Bonchev–Trinajstić information content (AvgIpc) is 3.08. The van der Waals surface area contributed by atoms with Crippen molar-refractivity contribution in [2.24, 2.45) is 5.92 Å². The van der Waals surface area contributed by atoms with Crippen LogP contribution in [-0.4, -0.2) is 11.5 Å². The predicted molar refractivity (Wildman–Crippen MR) is 101 cm³/mol. The molecular formula is C21H21N3O2. The molecule has 132 valence electrons. The molecule has 0 aliphatic rings. The number of nitrogens with one attached hydrogen (secondary N) is 1. The maximum atomic E-state index is 9.17. The molecule has 0 spiro atoms. The summed E-state index contributed by atoms with van der Waals surface area (Å²) in [7, 11) is 0. The van der Waals surface area contributed by atoms with Gasteiger partial charge in [-0.2, -0.15) is 10.2 Å². The summed E-state index contributed by atoms with van der Waals surface area (Å²) in [5, 5.41) is 12.3. The van der Waals surface area contributed by atoms with Gasteiger partial charge in [-0.15, -0.1) is 0 Å². The van der Waals surface area contributed by atoms with Crippen LogP contribution in [0.4, 0.5) is 5.88 Å². The standard InChI is InChI=1S/C21H21N3O2/c1-15(2)13-23-21-19(12-22)24-20(26-21)14-25-18-10-8-17(9-11-18)16-6-4-3-5-7-16/h3-11,15,23H,13-14H2,1-2H3. The van der Waals surface area contributed by atoms with E-state index < -0.39 is 0 Å². The number of benzene rings is 2. The van der Waals surface area contributed by atoms with Crippen molar-refractivity contribution in [3.8, 4) is 22.9 Å². The lowest BCUT2D eigenvalue weighted by Gasteiger charge is -2.06. The molecule has 1 aromatic heterocycles. The van der Waals surface area contributed by atoms with Gasteiger partial charge in [0.1, 0.15) is 11.8 Å². The number of oxazole rings is 1. The second-order valence-corrected chi connectivity index (χ2v) is 6.35. The van der Waals surface area contributed by atoms with E-state index in [1.165, 1.54) is 0 Å². The zero-order chi connectivity index (χ0) is 18.4. The first-order valence-electron chi connectivity index (χ1n) is 8.57. The Hall–Kier alpha value is -3.26. The van der Waals surface area contributed by atoms with Crippen molar-refractivity contribution < 1.29 is 9.15 Å². The molecule has 0 aliphatic heterocycles. The highest BCUT2D eigenvalue weighted by Crippen LogP contribution is 2.23. The summed E-state index contributed by atoms with van der Waals surface area (Å²) in [6, 6.07) is 20.0. The summed E-state index contributed by atoms with van der Waals surface area (Å²) < 4.78 is 11.3. The fraction of sp³-hybridized carbons (Fsp3) is 0.238. The molecule has 0 unspecified atom stereocenters. The zero-order valence-electron chi connectivity index (χ0n) is 14.9. The van der Waals surface area contributed by atoms with Crippen molar-refractivity contribution in [3.05, 3.63) is 66.2 Å². The Morgan fingerprint density at radius 1 is 1.08 bits per heavy atom. The Morgan fingerprint density at radius 2 is 1.77 bits per heavy atom. The minimum absolute atomic E-state index is 0.169. The van der Waals surface area contributed by atoms with Crippen LogP contribution >= 0.6 is 0 Å². The number of hydrogen-bond acceptors (Lipinski definition) is 5. The summed E-state index contributed by atoms with van der Waals surface area (Å²) in [5.74, 6) is 1.94. The third kappa shape index (κ3) is 4.42. The van der Waals surface area contributed by atoms with Gasteiger partial charge in [0, 0.05) is 6.54 Å². The molecule has 0 fully saturated rings. The van der Waals surface area contributed by atoms with Crippen LogP contribution in [0.25, 0.3) is 11.1 Å². The van der Waals surface area contributed by atoms with E-state index in [0.29, 0.717) is 24.2 Å². The van der Waals surface area contributed by atoms with Crippen LogP contribution in [0.2, 0.25) is 0 Å². The van der Waals surface area contributed by atoms with Gasteiger partial charge < -0.3 is 14.5 Å². The molecule has 0 radical (unpaired) electrons. The van der Waals surface area contributed by atoms with Crippen LogP contribution in [0, 0.1) is 17.2 Å². The van der Waals surface area contributed by atoms with Crippen molar-refractivity contribution in [1.82, 2.24) is 4.98 Å². The van der Waals surface area contributed by atoms with Crippen LogP contribution in [-0.2, 0) is 6.61 Å². The number of anilines is 1. The van der Waals surface area contributed by atoms with Gasteiger partial charge in [-0.05, 0) is 29.2 Å². The number of nitriles is 1. The number of hydrogen-bond donors (Lipinski definition) is 1. The molecule has 26 heavy (non-hydrogen) atoms. The number of rotatable bonds is 7. The smallest absolute Gasteiger partial charge is 0.236 e. The molecule has 2 aromatic carbocycles. The molecule has 1 heterocycles. The number of ether oxygens (including phenoxy) is 1. The maximum absolute atomic E-state index is 9.17. The number of aromatic nitrogens is 1. The third-order valence-electron chi connectivity index (χ3n) is 3.77. The van der Waals surface area contributed by atoms with Crippen LogP contribution in [0.5, 0.6) is 5.75 Å². The van der Waals surface area contributed by atoms with E-state index in [4.69, 9.17) is 14.4 Å². The minimum atomic E-state index is 0.169. The van der Waals surface area contributed by atoms with Crippen LogP contribution in [0.15, 0.2) is 59.0 Å². The van der Waals surface area contributed by atoms with Crippen LogP contribution < -0.4 is 10.1 Å². The van der Waals surface area contributed by atoms with E-state index in [1.54, 1.807) is 0 Å². The van der Waals surface area contributed by atoms with Crippen molar-refractivity contribution in [2.45, 2.75) is 20.5 Å². The molecule has 0 atom stereocenters. The van der Waals surface area contributed by atoms with Crippen molar-refractivity contribution >= 4 is 5.88 Å². The van der Waals surface area contributed by atoms with Crippen LogP contribution in [0.3, 0.4) is 0 Å². The van der Waals surface area contributed by atoms with E-state index in [1.807, 2.05) is 48.5 Å². The van der Waals surface area contributed by atoms with Crippen LogP contribution in [0.1, 0.15) is 25.4 Å². The van der Waals surface area contributed by atoms with Gasteiger partial charge in [0.05, 0.1) is 0 Å². The summed E-state index contributed by atoms with van der Waals surface area (Å²) in [6.07, 6.45) is 0. The summed E-state index contributed by atoms with van der Waals surface area (Å²) in [4.78, 5) is 4.17. The zero-order valence-corrected chi connectivity index (χ0v) is 14.9. The Bertz CT molecular complexity index is 878. The summed E-state index contributed by atoms with van der Waals surface area (Å²) in [6.45, 7) is 5.05. The van der Waals surface area contributed by atoms with Gasteiger partial charge in [-0.3, -0.25) is 0 Å². The quantitative estimate of drug-likeness (QED) is 0.661. The Balaban J connectivity index is 1.63. The highest BCUT2D eigenvalue weighted by molar-refractivity contribution is 5.63. The third-order valence-corrected chi connectivity index (χ3v) is 3.77. The second kappa shape index (κ2) is 8.21. The minimum Gasteiger partial charge on any atom is -0.484 e. The van der Waals surface area contributed by atoms with Crippen molar-refractivity contribution in [3.63, 3.8) is 0 Å². The van der Waals surface area contributed by atoms with Gasteiger partial charge >= 0.3 is 0 Å². The molecule has 0 amide bonds. The SMILES string of the molecule is CC(C)CNc1oc(COc2ccc(-c3ccccc3)cc2)nc1C#N. The Morgan fingerprint density at radius 3 is 2.42 bits per heavy atom. The van der Waals surface area contributed by atoms with Gasteiger partial charge in [-0.25, -0.2) is 0 Å². The van der Waals surface area contributed by atoms with Gasteiger partial charge in [0.25, 0.3) is 0 Å². The highest BCUT2D eigenvalue weighted by Gasteiger charge is 2.13. The topological polar surface area (TPSA) is 71.1 Å². The second-order valence-electron chi connectivity index (χ2n) is 6.35. The Labute approximate surface area is 153 Å². The summed E-state index contributed by atoms with van der Waals surface area (Å²) in [5.41, 5.74) is 2.54. The van der Waals surface area contributed by atoms with Gasteiger partial charge in [-0.1, -0.05) is 56.3 Å². The monoisotopic (exact) mass is 347 g/mol. The maximum Gasteiger partial charge on any atom is 0.236 e. The molecule has 3 rings (SSSR count). The lowest BCUT2D eigenvalue weighted by molar-refractivity contribution is 0.264. The van der Waals surface area contributed by atoms with E-state index in [2.05, 4.69) is 36.3 Å². The first-order chi connectivity index (χ1) is 12.7. The molecule has 0 aliphatic carbocycles. The predicted octanol–water partition coefficient (Wildman–Crippen LogP) is 4.86. The number of nitrogens with zero attached hydrogens (tertiary/aromatic N) is 2. The molecule has 0 saturated carbocycles. The molecule has 5 heteroatoms. The highest BCUT2D eigenvalue weighted by atomic mass is 16.5. The fourth-order valence-electron chi connectivity index (χ4n) is 2.44. The fourth-order valence-corrected chi connectivity index (χ4v) is 2.44. The van der Waals surface area contributed by atoms with E-state index in [9.17, 15) is 0 Å². The first-order valence-corrected chi connectivity index (χ1v) is 8.57. The van der Waals surface area contributed by atoms with Gasteiger partial charge in [0.2, 0.25) is 17.5 Å². The van der Waals surface area contributed by atoms with Crippen molar-refractivity contribution in [1.29, 1.82) is 5.26 Å². The average molecular weight is 347 g/mol. The molecule has 0 saturated heterocycles. The van der Waals surface area contributed by atoms with E-state index in [0.717, 1.165) is 16.9 Å². The Kier molecular flexibility index (Phi) is 5.55. The molecule has 1 N–H and O–H groups in total. The van der Waals surface area contributed by atoms with Gasteiger partial charge in [0.15, 0.2) is 6.61 Å². The molecular weight excluding hydrogens is 326 g/mol. The molecule has 5 nitrogen and oxygen atoms in total. The van der Waals surface area contributed by atoms with E-state index >= 15 is 0 Å². The molecule has 0 bridgehead atoms. The molecule has 3 aromatic rings. The largest absolute Gasteiger partial charge is 0.484 e. The normalized spacial score (nSPS) is 10.5. The lowest BCUT2D eigenvalue weighted by Crippen LogP contribution is -2.08. The van der Waals surface area contributed by atoms with E-state index in [-0.39, 0.29) is 12.3 Å². The lowest BCUT2D eigenvalue weighted by atomic mass is 10.1. The first kappa shape index (κ1) is 17.6. The summed E-state index contributed by atoms with van der Waals surface area (Å²) >= 11 is 0.